The van der Waals surface area contributed by atoms with Crippen LogP contribution in [0.3, 0.4) is 0 Å². The van der Waals surface area contributed by atoms with Crippen LogP contribution in [0.5, 0.6) is 0 Å². The van der Waals surface area contributed by atoms with Crippen LogP contribution in [0.1, 0.15) is 26.7 Å². The van der Waals surface area contributed by atoms with E-state index in [4.69, 9.17) is 23.2 Å². The van der Waals surface area contributed by atoms with Gasteiger partial charge in [-0.25, -0.2) is 0 Å². The molecule has 2 fully saturated rings. The summed E-state index contributed by atoms with van der Waals surface area (Å²) in [5.74, 6) is 0.267. The summed E-state index contributed by atoms with van der Waals surface area (Å²) in [6.07, 6.45) is 2.26. The number of anilines is 1. The molecule has 0 unspecified atom stereocenters. The second kappa shape index (κ2) is 7.11. The van der Waals surface area contributed by atoms with Crippen molar-refractivity contribution in [2.45, 2.75) is 32.2 Å². The monoisotopic (exact) mass is 369 g/mol. The fourth-order valence-electron chi connectivity index (χ4n) is 3.65. The quantitative estimate of drug-likeness (QED) is 0.815. The maximum Gasteiger partial charge on any atom is 0.242 e. The molecule has 1 aromatic carbocycles. The van der Waals surface area contributed by atoms with E-state index < -0.39 is 5.54 Å². The lowest BCUT2D eigenvalue weighted by atomic mass is 9.99. The first kappa shape index (κ1) is 17.8. The molecule has 2 heterocycles. The number of piperazine rings is 1. The number of nitrogens with zero attached hydrogens (tertiary/aromatic N) is 3. The Labute approximate surface area is 154 Å². The summed E-state index contributed by atoms with van der Waals surface area (Å²) in [6, 6.07) is 5.76. The van der Waals surface area contributed by atoms with Gasteiger partial charge >= 0.3 is 0 Å². The third-order valence-electron chi connectivity index (χ3n) is 5.26. The Balaban J connectivity index is 1.63. The zero-order valence-corrected chi connectivity index (χ0v) is 15.9. The highest BCUT2D eigenvalue weighted by Crippen LogP contribution is 2.29. The van der Waals surface area contributed by atoms with Crippen LogP contribution >= 0.6 is 23.2 Å². The van der Waals surface area contributed by atoms with Crippen molar-refractivity contribution in [2.24, 2.45) is 0 Å². The van der Waals surface area contributed by atoms with Crippen molar-refractivity contribution < 1.29 is 4.79 Å². The Bertz CT molecular complexity index is 606. The molecular weight excluding hydrogens is 345 g/mol. The highest BCUT2D eigenvalue weighted by molar-refractivity contribution is 6.42. The molecule has 0 saturated carbocycles. The Kier molecular flexibility index (Phi) is 5.28. The van der Waals surface area contributed by atoms with Crippen LogP contribution in [-0.2, 0) is 4.79 Å². The second-order valence-electron chi connectivity index (χ2n) is 7.13. The lowest BCUT2D eigenvalue weighted by molar-refractivity contribution is -0.141. The van der Waals surface area contributed by atoms with Crippen molar-refractivity contribution in [2.75, 3.05) is 44.2 Å². The summed E-state index contributed by atoms with van der Waals surface area (Å²) in [6.45, 7) is 9.44. The first-order valence-electron chi connectivity index (χ1n) is 8.64. The van der Waals surface area contributed by atoms with Gasteiger partial charge in [-0.15, -0.1) is 0 Å². The number of rotatable bonds is 3. The SMILES string of the molecule is CC(C)(C(=O)N1CCCC1)N1CCN(c2ccc(Cl)c(Cl)c2)CC1. The van der Waals surface area contributed by atoms with Crippen molar-refractivity contribution in [3.63, 3.8) is 0 Å². The molecule has 1 aromatic rings. The number of amides is 1. The first-order valence-corrected chi connectivity index (χ1v) is 9.39. The summed E-state index contributed by atoms with van der Waals surface area (Å²) in [5.41, 5.74) is 0.654. The molecule has 0 aromatic heterocycles. The zero-order valence-electron chi connectivity index (χ0n) is 14.4. The normalized spacial score (nSPS) is 19.8. The van der Waals surface area contributed by atoms with Gasteiger partial charge < -0.3 is 9.80 Å². The lowest BCUT2D eigenvalue weighted by Gasteiger charge is -2.45. The van der Waals surface area contributed by atoms with E-state index in [1.165, 1.54) is 0 Å². The van der Waals surface area contributed by atoms with Crippen molar-refractivity contribution >= 4 is 34.8 Å². The third kappa shape index (κ3) is 3.51. The second-order valence-corrected chi connectivity index (χ2v) is 7.95. The molecule has 0 radical (unpaired) electrons. The summed E-state index contributed by atoms with van der Waals surface area (Å²) in [7, 11) is 0. The number of halogens is 2. The Morgan fingerprint density at radius 2 is 1.58 bits per heavy atom. The summed E-state index contributed by atoms with van der Waals surface area (Å²) in [5, 5.41) is 1.16. The van der Waals surface area contributed by atoms with Crippen molar-refractivity contribution in [3.8, 4) is 0 Å². The number of carbonyl (C=O) groups is 1. The van der Waals surface area contributed by atoms with Gasteiger partial charge in [0.25, 0.3) is 0 Å². The fourth-order valence-corrected chi connectivity index (χ4v) is 3.94. The molecule has 0 N–H and O–H groups in total. The van der Waals surface area contributed by atoms with E-state index >= 15 is 0 Å². The predicted molar refractivity (Wildman–Crippen MR) is 100 cm³/mol. The summed E-state index contributed by atoms with van der Waals surface area (Å²) >= 11 is 12.1. The smallest absolute Gasteiger partial charge is 0.242 e. The van der Waals surface area contributed by atoms with Gasteiger partial charge in [0, 0.05) is 45.0 Å². The van der Waals surface area contributed by atoms with Gasteiger partial charge in [0.2, 0.25) is 5.91 Å². The molecule has 24 heavy (non-hydrogen) atoms. The Morgan fingerprint density at radius 1 is 0.958 bits per heavy atom. The number of benzene rings is 1. The van der Waals surface area contributed by atoms with Crippen molar-refractivity contribution in [3.05, 3.63) is 28.2 Å². The summed E-state index contributed by atoms with van der Waals surface area (Å²) < 4.78 is 0. The first-order chi connectivity index (χ1) is 11.4. The van der Waals surface area contributed by atoms with Gasteiger partial charge in [-0.3, -0.25) is 9.69 Å². The largest absolute Gasteiger partial charge is 0.369 e. The lowest BCUT2D eigenvalue weighted by Crippen LogP contribution is -2.61. The topological polar surface area (TPSA) is 26.8 Å². The Morgan fingerprint density at radius 3 is 2.17 bits per heavy atom. The van der Waals surface area contributed by atoms with E-state index in [1.807, 2.05) is 23.1 Å². The zero-order chi connectivity index (χ0) is 17.3. The molecule has 0 aliphatic carbocycles. The molecule has 1 amide bonds. The minimum Gasteiger partial charge on any atom is -0.369 e. The molecule has 0 spiro atoms. The van der Waals surface area contributed by atoms with Crippen LogP contribution in [0.4, 0.5) is 5.69 Å². The standard InChI is InChI=1S/C18H25Cl2N3O/c1-18(2,17(24)22-7-3-4-8-22)23-11-9-21(10-12-23)14-5-6-15(19)16(20)13-14/h5-6,13H,3-4,7-12H2,1-2H3. The molecule has 4 nitrogen and oxygen atoms in total. The molecule has 6 heteroatoms. The van der Waals surface area contributed by atoms with Gasteiger partial charge in [0.15, 0.2) is 0 Å². The van der Waals surface area contributed by atoms with Crippen LogP contribution in [0.25, 0.3) is 0 Å². The Hall–Kier alpha value is -0.970. The van der Waals surface area contributed by atoms with Gasteiger partial charge in [-0.1, -0.05) is 23.2 Å². The van der Waals surface area contributed by atoms with E-state index in [1.54, 1.807) is 0 Å². The number of carbonyl (C=O) groups excluding carboxylic acids is 1. The van der Waals surface area contributed by atoms with E-state index in [-0.39, 0.29) is 5.91 Å². The van der Waals surface area contributed by atoms with Gasteiger partial charge in [0.05, 0.1) is 15.6 Å². The molecule has 2 aliphatic heterocycles. The highest BCUT2D eigenvalue weighted by Gasteiger charge is 2.39. The van der Waals surface area contributed by atoms with Crippen molar-refractivity contribution in [1.82, 2.24) is 9.80 Å². The van der Waals surface area contributed by atoms with Crippen LogP contribution in [0.2, 0.25) is 10.0 Å². The maximum atomic E-state index is 12.8. The van der Waals surface area contributed by atoms with E-state index in [2.05, 4.69) is 23.6 Å². The van der Waals surface area contributed by atoms with E-state index in [0.29, 0.717) is 10.0 Å². The summed E-state index contributed by atoms with van der Waals surface area (Å²) in [4.78, 5) is 19.5. The molecule has 2 aliphatic rings. The van der Waals surface area contributed by atoms with Crippen LogP contribution in [-0.4, -0.2) is 60.5 Å². The third-order valence-corrected chi connectivity index (χ3v) is 5.99. The van der Waals surface area contributed by atoms with Gasteiger partial charge in [-0.05, 0) is 44.9 Å². The molecular formula is C18H25Cl2N3O. The number of hydrogen-bond donors (Lipinski definition) is 0. The van der Waals surface area contributed by atoms with Gasteiger partial charge in [-0.2, -0.15) is 0 Å². The number of hydrogen-bond acceptors (Lipinski definition) is 3. The highest BCUT2D eigenvalue weighted by atomic mass is 35.5. The van der Waals surface area contributed by atoms with Crippen molar-refractivity contribution in [1.29, 1.82) is 0 Å². The molecule has 0 atom stereocenters. The minimum atomic E-state index is -0.436. The minimum absolute atomic E-state index is 0.267. The van der Waals surface area contributed by atoms with E-state index in [0.717, 1.165) is 57.8 Å². The fraction of sp³-hybridized carbons (Fsp3) is 0.611. The molecule has 2 saturated heterocycles. The van der Waals surface area contributed by atoms with Crippen LogP contribution in [0, 0.1) is 0 Å². The van der Waals surface area contributed by atoms with Crippen LogP contribution in [0.15, 0.2) is 18.2 Å². The molecule has 3 rings (SSSR count). The molecule has 132 valence electrons. The van der Waals surface area contributed by atoms with E-state index in [9.17, 15) is 4.79 Å². The van der Waals surface area contributed by atoms with Crippen LogP contribution < -0.4 is 4.90 Å². The number of likely N-dealkylation sites (tertiary alicyclic amines) is 1. The average Bonchev–Trinajstić information content (AvgIpc) is 3.11. The predicted octanol–water partition coefficient (Wildman–Crippen LogP) is 3.52. The maximum absolute atomic E-state index is 12.8. The average molecular weight is 370 g/mol. The van der Waals surface area contributed by atoms with Gasteiger partial charge in [0.1, 0.15) is 0 Å². The molecule has 0 bridgehead atoms.